The van der Waals surface area contributed by atoms with Gasteiger partial charge >= 0.3 is 0 Å². The monoisotopic (exact) mass is 475 g/mol. The van der Waals surface area contributed by atoms with Gasteiger partial charge in [0.1, 0.15) is 6.10 Å². The van der Waals surface area contributed by atoms with Gasteiger partial charge in [-0.05, 0) is 41.5 Å². The average Bonchev–Trinajstić information content (AvgIpc) is 3.36. The lowest BCUT2D eigenvalue weighted by atomic mass is 9.95. The van der Waals surface area contributed by atoms with Gasteiger partial charge in [-0.15, -0.1) is 11.3 Å². The number of rotatable bonds is 6. The number of nitrogens with zero attached hydrogens (tertiary/aromatic N) is 3. The fraction of sp³-hybridized carbons (Fsp3) is 0.0800. The summed E-state index contributed by atoms with van der Waals surface area (Å²) in [5, 5.41) is 19.5. The van der Waals surface area contributed by atoms with E-state index in [1.165, 1.54) is 11.3 Å². The van der Waals surface area contributed by atoms with E-state index in [1.54, 1.807) is 42.0 Å². The zero-order valence-electron chi connectivity index (χ0n) is 16.6. The highest BCUT2D eigenvalue weighted by atomic mass is 35.5. The lowest BCUT2D eigenvalue weighted by molar-refractivity contribution is 0.0689. The summed E-state index contributed by atoms with van der Waals surface area (Å²) in [6.07, 6.45) is 1.39. The molecule has 156 valence electrons. The lowest BCUT2D eigenvalue weighted by Crippen LogP contribution is -2.06. The van der Waals surface area contributed by atoms with Crippen molar-refractivity contribution in [1.29, 1.82) is 10.5 Å². The molecule has 0 fully saturated rings. The van der Waals surface area contributed by atoms with Crippen LogP contribution in [0.5, 0.6) is 0 Å². The first kappa shape index (κ1) is 22.0. The fourth-order valence-corrected chi connectivity index (χ4v) is 4.41. The Bertz CT molecular complexity index is 1320. The third-order valence-electron chi connectivity index (χ3n) is 4.92. The molecule has 1 unspecified atom stereocenters. The molecule has 0 spiro atoms. The largest absolute Gasteiger partial charge is 0.363 e. The third kappa shape index (κ3) is 4.67. The topological polar surface area (TPSA) is 69.7 Å². The normalized spacial score (nSPS) is 11.5. The van der Waals surface area contributed by atoms with Crippen LogP contribution < -0.4 is 0 Å². The van der Waals surface area contributed by atoms with Crippen LogP contribution in [0.4, 0.5) is 0 Å². The van der Waals surface area contributed by atoms with Crippen molar-refractivity contribution in [2.24, 2.45) is 0 Å². The van der Waals surface area contributed by atoms with Crippen LogP contribution in [0, 0.1) is 22.7 Å². The lowest BCUT2D eigenvalue weighted by Gasteiger charge is -2.19. The molecule has 0 saturated heterocycles. The minimum atomic E-state index is -0.386. The number of hydrogen-bond donors (Lipinski definition) is 0. The zero-order valence-corrected chi connectivity index (χ0v) is 19.0. The maximum absolute atomic E-state index is 9.66. The number of aromatic nitrogens is 1. The summed E-state index contributed by atoms with van der Waals surface area (Å²) in [4.78, 5) is 5.13. The summed E-state index contributed by atoms with van der Waals surface area (Å²) >= 11 is 14.2. The minimum absolute atomic E-state index is 0.349. The van der Waals surface area contributed by atoms with Gasteiger partial charge in [0.05, 0.1) is 50.3 Å². The first-order valence-electron chi connectivity index (χ1n) is 9.58. The summed E-state index contributed by atoms with van der Waals surface area (Å²) in [7, 11) is 0. The highest BCUT2D eigenvalue weighted by Gasteiger charge is 2.20. The van der Waals surface area contributed by atoms with E-state index in [1.807, 2.05) is 30.3 Å². The van der Waals surface area contributed by atoms with Gasteiger partial charge in [-0.1, -0.05) is 53.5 Å². The second-order valence-electron chi connectivity index (χ2n) is 6.92. The number of benzene rings is 3. The molecule has 3 aromatic carbocycles. The van der Waals surface area contributed by atoms with Crippen LogP contribution in [0.3, 0.4) is 0 Å². The second-order valence-corrected chi connectivity index (χ2v) is 8.62. The van der Waals surface area contributed by atoms with Crippen molar-refractivity contribution in [3.8, 4) is 23.3 Å². The highest BCUT2D eigenvalue weighted by Crippen LogP contribution is 2.38. The Labute approximate surface area is 199 Å². The first-order chi connectivity index (χ1) is 15.6. The van der Waals surface area contributed by atoms with E-state index in [-0.39, 0.29) is 6.10 Å². The summed E-state index contributed by atoms with van der Waals surface area (Å²) < 4.78 is 6.30. The molecule has 7 heteroatoms. The molecule has 1 atom stereocenters. The Morgan fingerprint density at radius 1 is 0.969 bits per heavy atom. The van der Waals surface area contributed by atoms with E-state index in [2.05, 4.69) is 17.1 Å². The highest BCUT2D eigenvalue weighted by molar-refractivity contribution is 7.09. The predicted octanol–water partition coefficient (Wildman–Crippen LogP) is 7.17. The zero-order chi connectivity index (χ0) is 22.5. The predicted molar refractivity (Wildman–Crippen MR) is 127 cm³/mol. The van der Waals surface area contributed by atoms with Gasteiger partial charge in [0.25, 0.3) is 0 Å². The molecule has 0 bridgehead atoms. The van der Waals surface area contributed by atoms with Gasteiger partial charge in [0.2, 0.25) is 0 Å². The van der Waals surface area contributed by atoms with Gasteiger partial charge in [-0.2, -0.15) is 10.5 Å². The van der Waals surface area contributed by atoms with Crippen LogP contribution in [-0.2, 0) is 11.3 Å². The summed E-state index contributed by atoms with van der Waals surface area (Å²) in [6, 6.07) is 22.5. The molecule has 4 rings (SSSR count). The van der Waals surface area contributed by atoms with Crippen LogP contribution >= 0.6 is 34.5 Å². The Kier molecular flexibility index (Phi) is 6.85. The Morgan fingerprint density at radius 3 is 2.47 bits per heavy atom. The molecule has 0 amide bonds. The first-order valence-corrected chi connectivity index (χ1v) is 11.2. The molecule has 0 N–H and O–H groups in total. The second kappa shape index (κ2) is 9.96. The molecule has 0 saturated carbocycles. The van der Waals surface area contributed by atoms with Crippen LogP contribution in [0.15, 0.2) is 72.4 Å². The summed E-state index contributed by atoms with van der Waals surface area (Å²) in [5.41, 5.74) is 6.04. The van der Waals surface area contributed by atoms with E-state index in [4.69, 9.17) is 33.2 Å². The van der Waals surface area contributed by atoms with Crippen molar-refractivity contribution in [2.45, 2.75) is 12.7 Å². The van der Waals surface area contributed by atoms with E-state index in [0.29, 0.717) is 38.9 Å². The van der Waals surface area contributed by atoms with Gasteiger partial charge < -0.3 is 4.74 Å². The number of hydrogen-bond acceptors (Lipinski definition) is 5. The molecule has 1 aromatic heterocycles. The Morgan fingerprint density at radius 2 is 1.78 bits per heavy atom. The number of nitriles is 2. The number of ether oxygens (including phenoxy) is 1. The van der Waals surface area contributed by atoms with Crippen molar-refractivity contribution < 1.29 is 4.74 Å². The van der Waals surface area contributed by atoms with Crippen LogP contribution in [0.25, 0.3) is 11.1 Å². The molecule has 0 radical (unpaired) electrons. The molecular weight excluding hydrogens is 461 g/mol. The standard InChI is InChI=1S/C25H15Cl2N3OS/c26-22-3-1-2-20(24(22)27)21-10-18(8-9-19(21)12-29)25(23-13-30-15-32-23)31-14-17-6-4-16(11-28)5-7-17/h1-10,13,15,25H,14H2. The van der Waals surface area contributed by atoms with Crippen LogP contribution in [-0.4, -0.2) is 4.98 Å². The molecular formula is C25H15Cl2N3OS. The smallest absolute Gasteiger partial charge is 0.119 e. The number of halogens is 2. The van der Waals surface area contributed by atoms with E-state index < -0.39 is 0 Å². The maximum Gasteiger partial charge on any atom is 0.119 e. The van der Waals surface area contributed by atoms with E-state index >= 15 is 0 Å². The quantitative estimate of drug-likeness (QED) is 0.296. The average molecular weight is 476 g/mol. The third-order valence-corrected chi connectivity index (χ3v) is 6.56. The number of thiazole rings is 1. The fourth-order valence-electron chi connectivity index (χ4n) is 3.31. The molecule has 0 aliphatic rings. The molecule has 1 heterocycles. The van der Waals surface area contributed by atoms with Gasteiger partial charge in [-0.25, -0.2) is 0 Å². The van der Waals surface area contributed by atoms with Crippen molar-refractivity contribution >= 4 is 34.5 Å². The molecule has 4 nitrogen and oxygen atoms in total. The molecule has 4 aromatic rings. The van der Waals surface area contributed by atoms with Crippen molar-refractivity contribution in [3.05, 3.63) is 110 Å². The SMILES string of the molecule is N#Cc1ccc(COC(c2ccc(C#N)c(-c3cccc(Cl)c3Cl)c2)c2cncs2)cc1. The van der Waals surface area contributed by atoms with Crippen molar-refractivity contribution in [1.82, 2.24) is 4.98 Å². The van der Waals surface area contributed by atoms with Crippen LogP contribution in [0.2, 0.25) is 10.0 Å². The summed E-state index contributed by atoms with van der Waals surface area (Å²) in [5.74, 6) is 0. The van der Waals surface area contributed by atoms with Crippen molar-refractivity contribution in [2.75, 3.05) is 0 Å². The summed E-state index contributed by atoms with van der Waals surface area (Å²) in [6.45, 7) is 0.349. The van der Waals surface area contributed by atoms with Crippen LogP contribution in [0.1, 0.15) is 33.2 Å². The minimum Gasteiger partial charge on any atom is -0.363 e. The molecule has 0 aliphatic heterocycles. The molecule has 0 aliphatic carbocycles. The van der Waals surface area contributed by atoms with E-state index in [0.717, 1.165) is 16.0 Å². The van der Waals surface area contributed by atoms with Gasteiger partial charge in [0.15, 0.2) is 0 Å². The van der Waals surface area contributed by atoms with E-state index in [9.17, 15) is 5.26 Å². The Balaban J connectivity index is 1.72. The maximum atomic E-state index is 9.66. The Hall–Kier alpha value is -3.19. The van der Waals surface area contributed by atoms with Gasteiger partial charge in [-0.3, -0.25) is 4.98 Å². The van der Waals surface area contributed by atoms with Crippen molar-refractivity contribution in [3.63, 3.8) is 0 Å². The molecule has 32 heavy (non-hydrogen) atoms. The van der Waals surface area contributed by atoms with Gasteiger partial charge in [0, 0.05) is 17.3 Å².